The van der Waals surface area contributed by atoms with E-state index in [-0.39, 0.29) is 0 Å². The molecule has 0 aliphatic heterocycles. The number of hydrogen-bond donors (Lipinski definition) is 1. The topological polar surface area (TPSA) is 52.3 Å². The lowest BCUT2D eigenvalue weighted by molar-refractivity contribution is 0.1000. The van der Waals surface area contributed by atoms with Crippen molar-refractivity contribution in [1.82, 2.24) is 0 Å². The van der Waals surface area contributed by atoms with Crippen molar-refractivity contribution in [2.75, 3.05) is 0 Å². The Morgan fingerprint density at radius 2 is 1.89 bits per heavy atom. The molecule has 4 heteroatoms. The monoisotopic (exact) mass is 261 g/mol. The van der Waals surface area contributed by atoms with E-state index in [1.807, 2.05) is 30.3 Å². The van der Waals surface area contributed by atoms with Crippen LogP contribution < -0.4 is 10.5 Å². The molecule has 2 aromatic rings. The molecule has 18 heavy (non-hydrogen) atoms. The number of carbonyl (C=O) groups is 1. The number of amides is 1. The smallest absolute Gasteiger partial charge is 0.248 e. The maximum atomic E-state index is 11.0. The Morgan fingerprint density at radius 3 is 2.50 bits per heavy atom. The Bertz CT molecular complexity index is 555. The van der Waals surface area contributed by atoms with Gasteiger partial charge in [0.05, 0.1) is 0 Å². The lowest BCUT2D eigenvalue weighted by atomic mass is 10.1. The summed E-state index contributed by atoms with van der Waals surface area (Å²) in [7, 11) is 0. The number of rotatable bonds is 4. The minimum atomic E-state index is -0.493. The Kier molecular flexibility index (Phi) is 3.85. The number of carbonyl (C=O) groups excluding carboxylic acids is 1. The van der Waals surface area contributed by atoms with E-state index in [0.717, 1.165) is 11.3 Å². The third kappa shape index (κ3) is 3.02. The third-order valence-electron chi connectivity index (χ3n) is 2.48. The number of nitrogens with two attached hydrogens (primary N) is 1. The highest BCUT2D eigenvalue weighted by Crippen LogP contribution is 2.20. The lowest BCUT2D eigenvalue weighted by Gasteiger charge is -2.08. The van der Waals surface area contributed by atoms with Crippen LogP contribution in [0.25, 0.3) is 0 Å². The van der Waals surface area contributed by atoms with Crippen LogP contribution in [0.3, 0.4) is 0 Å². The summed E-state index contributed by atoms with van der Waals surface area (Å²) < 4.78 is 5.57. The summed E-state index contributed by atoms with van der Waals surface area (Å²) in [6.07, 6.45) is 0. The van der Waals surface area contributed by atoms with Crippen LogP contribution in [-0.4, -0.2) is 5.91 Å². The molecule has 2 N–H and O–H groups in total. The normalized spacial score (nSPS) is 10.1. The van der Waals surface area contributed by atoms with Crippen LogP contribution in [0, 0.1) is 0 Å². The predicted molar refractivity (Wildman–Crippen MR) is 70.7 cm³/mol. The lowest BCUT2D eigenvalue weighted by Crippen LogP contribution is -2.11. The molecule has 3 nitrogen and oxygen atoms in total. The molecular formula is C14H12ClNO2. The first kappa shape index (κ1) is 12.5. The maximum absolute atomic E-state index is 11.0. The van der Waals surface area contributed by atoms with Gasteiger partial charge in [0.15, 0.2) is 0 Å². The maximum Gasteiger partial charge on any atom is 0.248 e. The van der Waals surface area contributed by atoms with Gasteiger partial charge in [0.2, 0.25) is 5.91 Å². The van der Waals surface area contributed by atoms with Crippen LogP contribution in [-0.2, 0) is 6.61 Å². The summed E-state index contributed by atoms with van der Waals surface area (Å²) in [4.78, 5) is 11.0. The standard InChI is InChI=1S/C14H12ClNO2/c15-13-8-10(14(16)17)6-7-11(13)9-18-12-4-2-1-3-5-12/h1-8H,9H2,(H2,16,17). The number of hydrogen-bond acceptors (Lipinski definition) is 2. The van der Waals surface area contributed by atoms with Gasteiger partial charge in [-0.1, -0.05) is 35.9 Å². The number of halogens is 1. The molecule has 2 aromatic carbocycles. The van der Waals surface area contributed by atoms with Gasteiger partial charge in [0.25, 0.3) is 0 Å². The number of primary amides is 1. The van der Waals surface area contributed by atoms with E-state index in [9.17, 15) is 4.79 Å². The summed E-state index contributed by atoms with van der Waals surface area (Å²) >= 11 is 6.05. The molecule has 0 aliphatic carbocycles. The van der Waals surface area contributed by atoms with Crippen molar-refractivity contribution in [2.24, 2.45) is 5.73 Å². The van der Waals surface area contributed by atoms with Crippen LogP contribution in [0.15, 0.2) is 48.5 Å². The summed E-state index contributed by atoms with van der Waals surface area (Å²) in [5, 5.41) is 0.474. The molecule has 0 saturated heterocycles. The second-order valence-electron chi connectivity index (χ2n) is 3.77. The highest BCUT2D eigenvalue weighted by Gasteiger charge is 2.06. The first-order valence-electron chi connectivity index (χ1n) is 5.43. The van der Waals surface area contributed by atoms with Crippen molar-refractivity contribution in [2.45, 2.75) is 6.61 Å². The van der Waals surface area contributed by atoms with Crippen molar-refractivity contribution in [3.8, 4) is 5.75 Å². The van der Waals surface area contributed by atoms with E-state index in [0.29, 0.717) is 17.2 Å². The Balaban J connectivity index is 2.08. The quantitative estimate of drug-likeness (QED) is 0.920. The third-order valence-corrected chi connectivity index (χ3v) is 2.83. The minimum Gasteiger partial charge on any atom is -0.489 e. The fraction of sp³-hybridized carbons (Fsp3) is 0.0714. The molecule has 92 valence electrons. The van der Waals surface area contributed by atoms with Gasteiger partial charge in [0, 0.05) is 16.1 Å². The fourth-order valence-corrected chi connectivity index (χ4v) is 1.73. The largest absolute Gasteiger partial charge is 0.489 e. The molecule has 1 amide bonds. The molecular weight excluding hydrogens is 250 g/mol. The molecule has 0 heterocycles. The van der Waals surface area contributed by atoms with Crippen molar-refractivity contribution in [3.63, 3.8) is 0 Å². The van der Waals surface area contributed by atoms with Gasteiger partial charge in [-0.15, -0.1) is 0 Å². The zero-order valence-electron chi connectivity index (χ0n) is 9.60. The number of benzene rings is 2. The Morgan fingerprint density at radius 1 is 1.17 bits per heavy atom. The van der Waals surface area contributed by atoms with E-state index >= 15 is 0 Å². The van der Waals surface area contributed by atoms with E-state index in [1.54, 1.807) is 18.2 Å². The summed E-state index contributed by atoms with van der Waals surface area (Å²) in [6, 6.07) is 14.4. The van der Waals surface area contributed by atoms with Crippen LogP contribution in [0.4, 0.5) is 0 Å². The average molecular weight is 262 g/mol. The highest BCUT2D eigenvalue weighted by atomic mass is 35.5. The molecule has 0 aromatic heterocycles. The average Bonchev–Trinajstić information content (AvgIpc) is 2.38. The Hall–Kier alpha value is -2.00. The zero-order chi connectivity index (χ0) is 13.0. The fourth-order valence-electron chi connectivity index (χ4n) is 1.50. The van der Waals surface area contributed by atoms with Crippen molar-refractivity contribution in [3.05, 3.63) is 64.7 Å². The molecule has 0 fully saturated rings. The van der Waals surface area contributed by atoms with Crippen molar-refractivity contribution in [1.29, 1.82) is 0 Å². The van der Waals surface area contributed by atoms with E-state index in [1.165, 1.54) is 0 Å². The van der Waals surface area contributed by atoms with E-state index < -0.39 is 5.91 Å². The summed E-state index contributed by atoms with van der Waals surface area (Å²) in [6.45, 7) is 0.349. The van der Waals surface area contributed by atoms with Crippen LogP contribution in [0.1, 0.15) is 15.9 Å². The zero-order valence-corrected chi connectivity index (χ0v) is 10.4. The predicted octanol–water partition coefficient (Wildman–Crippen LogP) is 3.02. The van der Waals surface area contributed by atoms with Crippen LogP contribution >= 0.6 is 11.6 Å². The van der Waals surface area contributed by atoms with Gasteiger partial charge in [-0.05, 0) is 24.3 Å². The molecule has 0 saturated carbocycles. The van der Waals surface area contributed by atoms with Gasteiger partial charge in [-0.3, -0.25) is 4.79 Å². The molecule has 0 radical (unpaired) electrons. The molecule has 2 rings (SSSR count). The van der Waals surface area contributed by atoms with Gasteiger partial charge in [0.1, 0.15) is 12.4 Å². The van der Waals surface area contributed by atoms with Crippen molar-refractivity contribution >= 4 is 17.5 Å². The van der Waals surface area contributed by atoms with E-state index in [4.69, 9.17) is 22.1 Å². The van der Waals surface area contributed by atoms with E-state index in [2.05, 4.69) is 0 Å². The Labute approximate surface area is 110 Å². The van der Waals surface area contributed by atoms with Gasteiger partial charge < -0.3 is 10.5 Å². The first-order chi connectivity index (χ1) is 8.66. The van der Waals surface area contributed by atoms with Gasteiger partial charge >= 0.3 is 0 Å². The van der Waals surface area contributed by atoms with Crippen LogP contribution in [0.5, 0.6) is 5.75 Å². The molecule has 0 unspecified atom stereocenters. The summed E-state index contributed by atoms with van der Waals surface area (Å²) in [5.41, 5.74) is 6.37. The highest BCUT2D eigenvalue weighted by molar-refractivity contribution is 6.31. The SMILES string of the molecule is NC(=O)c1ccc(COc2ccccc2)c(Cl)c1. The molecule has 0 aliphatic rings. The number of para-hydroxylation sites is 1. The second-order valence-corrected chi connectivity index (χ2v) is 4.18. The minimum absolute atomic E-state index is 0.349. The molecule has 0 spiro atoms. The second kappa shape index (κ2) is 5.56. The van der Waals surface area contributed by atoms with Gasteiger partial charge in [-0.25, -0.2) is 0 Å². The molecule has 0 atom stereocenters. The number of ether oxygens (including phenoxy) is 1. The summed E-state index contributed by atoms with van der Waals surface area (Å²) in [5.74, 6) is 0.278. The first-order valence-corrected chi connectivity index (χ1v) is 5.80. The van der Waals surface area contributed by atoms with Crippen LogP contribution in [0.2, 0.25) is 5.02 Å². The van der Waals surface area contributed by atoms with Crippen molar-refractivity contribution < 1.29 is 9.53 Å². The molecule has 0 bridgehead atoms. The van der Waals surface area contributed by atoms with Gasteiger partial charge in [-0.2, -0.15) is 0 Å².